The quantitative estimate of drug-likeness (QED) is 0.286. The second kappa shape index (κ2) is 10.9. The van der Waals surface area contributed by atoms with E-state index in [-0.39, 0.29) is 6.04 Å². The highest BCUT2D eigenvalue weighted by atomic mass is 32.1. The molecule has 3 heteroatoms. The first-order chi connectivity index (χ1) is 14.5. The van der Waals surface area contributed by atoms with Crippen molar-refractivity contribution in [2.45, 2.75) is 38.6 Å². The molecule has 0 fully saturated rings. The smallest absolute Gasteiger partial charge is 0.0352 e. The van der Waals surface area contributed by atoms with Crippen LogP contribution in [-0.2, 0) is 19.3 Å². The summed E-state index contributed by atoms with van der Waals surface area (Å²) >= 11 is 4.54. The monoisotopic (exact) mass is 416 g/mol. The van der Waals surface area contributed by atoms with Gasteiger partial charge in [-0.3, -0.25) is 0 Å². The summed E-state index contributed by atoms with van der Waals surface area (Å²) in [6.07, 6.45) is 3.93. The van der Waals surface area contributed by atoms with Gasteiger partial charge in [0.15, 0.2) is 0 Å². The number of benzene rings is 3. The molecule has 1 unspecified atom stereocenters. The van der Waals surface area contributed by atoms with Gasteiger partial charge in [-0.1, -0.05) is 72.8 Å². The Hall–Kier alpha value is -2.65. The minimum absolute atomic E-state index is 0.273. The Morgan fingerprint density at radius 3 is 2.43 bits per heavy atom. The molecule has 3 aromatic rings. The Balaban J connectivity index is 1.61. The fourth-order valence-corrected chi connectivity index (χ4v) is 3.95. The van der Waals surface area contributed by atoms with Crippen LogP contribution in [0.2, 0.25) is 0 Å². The molecule has 0 spiro atoms. The van der Waals surface area contributed by atoms with Gasteiger partial charge < -0.3 is 11.1 Å². The summed E-state index contributed by atoms with van der Waals surface area (Å²) in [5.74, 6) is 0.765. The Morgan fingerprint density at radius 1 is 0.933 bits per heavy atom. The van der Waals surface area contributed by atoms with Crippen LogP contribution in [0, 0.1) is 6.92 Å². The van der Waals surface area contributed by atoms with Crippen LogP contribution in [0.5, 0.6) is 0 Å². The largest absolute Gasteiger partial charge is 0.399 e. The SMILES string of the molecule is C=C(NC(CS)CCc1ccccc1)c1ccc(N)c(CCc2cccc(C)c2)c1. The first-order valence-electron chi connectivity index (χ1n) is 10.6. The van der Waals surface area contributed by atoms with Gasteiger partial charge in [0.05, 0.1) is 0 Å². The summed E-state index contributed by atoms with van der Waals surface area (Å²) in [5, 5.41) is 3.57. The second-order valence-corrected chi connectivity index (χ2v) is 8.29. The minimum Gasteiger partial charge on any atom is -0.399 e. The number of nitrogens with two attached hydrogens (primary N) is 1. The standard InChI is InChI=1S/C27H32N2S/c1-20-7-6-10-23(17-20)11-13-25-18-24(14-16-27(25)28)21(2)29-26(19-30)15-12-22-8-4-3-5-9-22/h3-10,14,16-18,26,29-30H,2,11-13,15,19,28H2,1H3. The number of anilines is 1. The zero-order valence-electron chi connectivity index (χ0n) is 17.8. The Labute approximate surface area is 186 Å². The van der Waals surface area contributed by atoms with Crippen molar-refractivity contribution < 1.29 is 0 Å². The van der Waals surface area contributed by atoms with E-state index in [1.165, 1.54) is 22.3 Å². The molecule has 3 rings (SSSR count). The number of thiol groups is 1. The minimum atomic E-state index is 0.273. The molecule has 2 nitrogen and oxygen atoms in total. The van der Waals surface area contributed by atoms with Crippen molar-refractivity contribution in [1.82, 2.24) is 5.32 Å². The zero-order valence-corrected chi connectivity index (χ0v) is 18.7. The number of nitrogen functional groups attached to an aromatic ring is 1. The van der Waals surface area contributed by atoms with Crippen LogP contribution in [0.15, 0.2) is 79.4 Å². The number of aryl methyl sites for hydroxylation is 4. The molecule has 0 heterocycles. The third-order valence-corrected chi connectivity index (χ3v) is 5.92. The van der Waals surface area contributed by atoms with Crippen LogP contribution in [-0.4, -0.2) is 11.8 Å². The normalized spacial score (nSPS) is 11.8. The summed E-state index contributed by atoms with van der Waals surface area (Å²) < 4.78 is 0. The molecule has 0 bridgehead atoms. The molecule has 0 aliphatic heterocycles. The van der Waals surface area contributed by atoms with E-state index in [0.717, 1.165) is 48.4 Å². The Kier molecular flexibility index (Phi) is 8.04. The molecule has 0 saturated heterocycles. The lowest BCUT2D eigenvalue weighted by Crippen LogP contribution is -2.29. The fraction of sp³-hybridized carbons (Fsp3) is 0.259. The highest BCUT2D eigenvalue weighted by molar-refractivity contribution is 7.80. The van der Waals surface area contributed by atoms with E-state index in [4.69, 9.17) is 5.73 Å². The molecule has 0 aliphatic carbocycles. The summed E-state index contributed by atoms with van der Waals surface area (Å²) in [7, 11) is 0. The second-order valence-electron chi connectivity index (χ2n) is 7.93. The summed E-state index contributed by atoms with van der Waals surface area (Å²) in [6.45, 7) is 6.41. The van der Waals surface area contributed by atoms with Gasteiger partial charge in [-0.2, -0.15) is 12.6 Å². The molecule has 0 radical (unpaired) electrons. The van der Waals surface area contributed by atoms with Gasteiger partial charge in [0, 0.05) is 23.2 Å². The first kappa shape index (κ1) is 22.0. The maximum absolute atomic E-state index is 6.26. The molecule has 0 aliphatic rings. The first-order valence-corrected chi connectivity index (χ1v) is 11.2. The number of rotatable bonds is 10. The Bertz CT molecular complexity index is 966. The highest BCUT2D eigenvalue weighted by Crippen LogP contribution is 2.21. The lowest BCUT2D eigenvalue weighted by atomic mass is 9.99. The van der Waals surface area contributed by atoms with E-state index in [0.29, 0.717) is 0 Å². The summed E-state index contributed by atoms with van der Waals surface area (Å²) in [6, 6.07) is 25.7. The summed E-state index contributed by atoms with van der Waals surface area (Å²) in [4.78, 5) is 0. The lowest BCUT2D eigenvalue weighted by Gasteiger charge is -2.20. The molecule has 3 N–H and O–H groups in total. The van der Waals surface area contributed by atoms with Gasteiger partial charge >= 0.3 is 0 Å². The van der Waals surface area contributed by atoms with Crippen molar-refractivity contribution >= 4 is 24.0 Å². The van der Waals surface area contributed by atoms with E-state index in [1.54, 1.807) is 0 Å². The van der Waals surface area contributed by atoms with E-state index in [1.807, 2.05) is 12.1 Å². The lowest BCUT2D eigenvalue weighted by molar-refractivity contribution is 0.606. The maximum Gasteiger partial charge on any atom is 0.0352 e. The number of hydrogen-bond donors (Lipinski definition) is 3. The van der Waals surface area contributed by atoms with E-state index >= 15 is 0 Å². The zero-order chi connectivity index (χ0) is 21.3. The molecular weight excluding hydrogens is 384 g/mol. The van der Waals surface area contributed by atoms with E-state index in [9.17, 15) is 0 Å². The van der Waals surface area contributed by atoms with Crippen molar-refractivity contribution in [2.24, 2.45) is 0 Å². The van der Waals surface area contributed by atoms with Gasteiger partial charge in [0.1, 0.15) is 0 Å². The molecule has 1 atom stereocenters. The molecule has 3 aromatic carbocycles. The van der Waals surface area contributed by atoms with Crippen LogP contribution >= 0.6 is 12.6 Å². The van der Waals surface area contributed by atoms with Crippen LogP contribution in [0.25, 0.3) is 5.70 Å². The van der Waals surface area contributed by atoms with Gasteiger partial charge in [0.2, 0.25) is 0 Å². The molecule has 0 amide bonds. The number of hydrogen-bond acceptors (Lipinski definition) is 3. The van der Waals surface area contributed by atoms with Crippen LogP contribution in [0.1, 0.15) is 34.2 Å². The summed E-state index contributed by atoms with van der Waals surface area (Å²) in [5.41, 5.74) is 14.3. The van der Waals surface area contributed by atoms with Crippen molar-refractivity contribution in [2.75, 3.05) is 11.5 Å². The Morgan fingerprint density at radius 2 is 1.70 bits per heavy atom. The topological polar surface area (TPSA) is 38.0 Å². The predicted octanol–water partition coefficient (Wildman–Crippen LogP) is 5.85. The maximum atomic E-state index is 6.26. The predicted molar refractivity (Wildman–Crippen MR) is 134 cm³/mol. The fourth-order valence-electron chi connectivity index (χ4n) is 3.68. The highest BCUT2D eigenvalue weighted by Gasteiger charge is 2.11. The number of nitrogens with one attached hydrogen (secondary N) is 1. The van der Waals surface area contributed by atoms with Crippen LogP contribution in [0.4, 0.5) is 5.69 Å². The average Bonchev–Trinajstić information content (AvgIpc) is 2.76. The third-order valence-electron chi connectivity index (χ3n) is 5.48. The van der Waals surface area contributed by atoms with Crippen molar-refractivity contribution in [3.05, 3.63) is 107 Å². The molecule has 0 saturated carbocycles. The van der Waals surface area contributed by atoms with Crippen molar-refractivity contribution in [3.8, 4) is 0 Å². The van der Waals surface area contributed by atoms with Gasteiger partial charge in [0.25, 0.3) is 0 Å². The molecule has 30 heavy (non-hydrogen) atoms. The third kappa shape index (κ3) is 6.43. The van der Waals surface area contributed by atoms with Gasteiger partial charge in [-0.25, -0.2) is 0 Å². The van der Waals surface area contributed by atoms with E-state index < -0.39 is 0 Å². The van der Waals surface area contributed by atoms with Gasteiger partial charge in [-0.15, -0.1) is 0 Å². The molecular formula is C27H32N2S. The van der Waals surface area contributed by atoms with Gasteiger partial charge in [-0.05, 0) is 67.0 Å². The molecule has 156 valence electrons. The van der Waals surface area contributed by atoms with Crippen LogP contribution in [0.3, 0.4) is 0 Å². The average molecular weight is 417 g/mol. The van der Waals surface area contributed by atoms with Crippen molar-refractivity contribution in [3.63, 3.8) is 0 Å². The van der Waals surface area contributed by atoms with Crippen molar-refractivity contribution in [1.29, 1.82) is 0 Å². The van der Waals surface area contributed by atoms with Crippen LogP contribution < -0.4 is 11.1 Å². The molecule has 0 aromatic heterocycles. The van der Waals surface area contributed by atoms with E-state index in [2.05, 4.69) is 92.1 Å².